The fourth-order valence-electron chi connectivity index (χ4n) is 3.45. The molecule has 3 aromatic carbocycles. The fraction of sp³-hybridized carbons (Fsp3) is 0.143. The molecule has 0 spiro atoms. The van der Waals surface area contributed by atoms with E-state index in [0.29, 0.717) is 6.54 Å². The van der Waals surface area contributed by atoms with Crippen LogP contribution in [0.5, 0.6) is 11.5 Å². The Labute approximate surface area is 163 Å². The Kier molecular flexibility index (Phi) is 4.49. The molecule has 0 aliphatic rings. The third kappa shape index (κ3) is 3.19. The topological polar surface area (TPSA) is 83.5 Å². The number of aromatic nitrogens is 1. The summed E-state index contributed by atoms with van der Waals surface area (Å²) in [5, 5.41) is 7.32. The van der Waals surface area contributed by atoms with Crippen LogP contribution in [0.4, 0.5) is 0 Å². The van der Waals surface area contributed by atoms with Crippen molar-refractivity contribution in [1.29, 1.82) is 0 Å². The first-order valence-corrected chi connectivity index (χ1v) is 10.2. The maximum atomic E-state index is 11.5. The SMILES string of the molecule is COc1ccc2c(c1)c1cc(OC)ccc1n2Cc1ccc(S(N)(=O)=O)cc1. The van der Waals surface area contributed by atoms with E-state index in [0.717, 1.165) is 38.9 Å². The number of methoxy groups -OCH3 is 2. The van der Waals surface area contributed by atoms with E-state index < -0.39 is 10.0 Å². The van der Waals surface area contributed by atoms with Crippen molar-refractivity contribution in [2.45, 2.75) is 11.4 Å². The van der Waals surface area contributed by atoms with Crippen LogP contribution in [0.2, 0.25) is 0 Å². The van der Waals surface area contributed by atoms with Crippen LogP contribution >= 0.6 is 0 Å². The number of rotatable bonds is 5. The average molecular weight is 396 g/mol. The van der Waals surface area contributed by atoms with Gasteiger partial charge >= 0.3 is 0 Å². The molecule has 1 aromatic heterocycles. The summed E-state index contributed by atoms with van der Waals surface area (Å²) in [7, 11) is -0.407. The summed E-state index contributed by atoms with van der Waals surface area (Å²) in [6.07, 6.45) is 0. The van der Waals surface area contributed by atoms with Gasteiger partial charge in [0, 0.05) is 28.4 Å². The molecule has 0 radical (unpaired) electrons. The summed E-state index contributed by atoms with van der Waals surface area (Å²) in [5.41, 5.74) is 3.08. The number of ether oxygens (including phenoxy) is 2. The van der Waals surface area contributed by atoms with E-state index in [1.165, 1.54) is 12.1 Å². The van der Waals surface area contributed by atoms with Gasteiger partial charge in [-0.1, -0.05) is 12.1 Å². The van der Waals surface area contributed by atoms with Crippen molar-refractivity contribution in [1.82, 2.24) is 4.57 Å². The molecule has 144 valence electrons. The molecule has 0 aliphatic carbocycles. The molecule has 0 unspecified atom stereocenters. The van der Waals surface area contributed by atoms with Crippen LogP contribution in [-0.2, 0) is 16.6 Å². The first kappa shape index (κ1) is 18.3. The van der Waals surface area contributed by atoms with Crippen molar-refractivity contribution in [2.24, 2.45) is 5.14 Å². The minimum absolute atomic E-state index is 0.105. The maximum Gasteiger partial charge on any atom is 0.238 e. The van der Waals surface area contributed by atoms with Gasteiger partial charge in [-0.25, -0.2) is 13.6 Å². The second-order valence-electron chi connectivity index (χ2n) is 6.54. The Hall–Kier alpha value is -3.03. The molecule has 2 N–H and O–H groups in total. The van der Waals surface area contributed by atoms with E-state index in [1.54, 1.807) is 26.4 Å². The Bertz CT molecular complexity index is 1210. The van der Waals surface area contributed by atoms with Crippen LogP contribution < -0.4 is 14.6 Å². The molecule has 7 heteroatoms. The monoisotopic (exact) mass is 396 g/mol. The molecule has 28 heavy (non-hydrogen) atoms. The van der Waals surface area contributed by atoms with Gasteiger partial charge in [0.2, 0.25) is 10.0 Å². The standard InChI is InChI=1S/C21H20N2O4S/c1-26-15-5-9-20-18(11-15)19-12-16(27-2)6-10-21(19)23(20)13-14-3-7-17(8-4-14)28(22,24)25/h3-12H,13H2,1-2H3,(H2,22,24,25). The Morgan fingerprint density at radius 1 is 0.821 bits per heavy atom. The lowest BCUT2D eigenvalue weighted by Crippen LogP contribution is -2.12. The molecule has 1 heterocycles. The lowest BCUT2D eigenvalue weighted by atomic mass is 10.1. The van der Waals surface area contributed by atoms with Gasteiger partial charge in [-0.3, -0.25) is 0 Å². The molecule has 6 nitrogen and oxygen atoms in total. The molecule has 0 fully saturated rings. The van der Waals surface area contributed by atoms with E-state index >= 15 is 0 Å². The average Bonchev–Trinajstić information content (AvgIpc) is 3.00. The van der Waals surface area contributed by atoms with Crippen LogP contribution in [0.25, 0.3) is 21.8 Å². The first-order chi connectivity index (χ1) is 13.4. The molecule has 0 saturated heterocycles. The number of hydrogen-bond donors (Lipinski definition) is 1. The van der Waals surface area contributed by atoms with Crippen molar-refractivity contribution in [2.75, 3.05) is 14.2 Å². The van der Waals surface area contributed by atoms with Crippen molar-refractivity contribution in [3.63, 3.8) is 0 Å². The third-order valence-electron chi connectivity index (χ3n) is 4.87. The van der Waals surface area contributed by atoms with Crippen molar-refractivity contribution >= 4 is 31.8 Å². The lowest BCUT2D eigenvalue weighted by Gasteiger charge is -2.09. The summed E-state index contributed by atoms with van der Waals surface area (Å²) < 4.78 is 35.9. The first-order valence-electron chi connectivity index (χ1n) is 8.66. The summed E-state index contributed by atoms with van der Waals surface area (Å²) in [6, 6.07) is 18.6. The van der Waals surface area contributed by atoms with Gasteiger partial charge in [-0.15, -0.1) is 0 Å². The van der Waals surface area contributed by atoms with Gasteiger partial charge < -0.3 is 14.0 Å². The highest BCUT2D eigenvalue weighted by Crippen LogP contribution is 2.34. The van der Waals surface area contributed by atoms with Gasteiger partial charge in [0.25, 0.3) is 0 Å². The highest BCUT2D eigenvalue weighted by atomic mass is 32.2. The van der Waals surface area contributed by atoms with Crippen LogP contribution in [0, 0.1) is 0 Å². The molecule has 0 bridgehead atoms. The van der Waals surface area contributed by atoms with Crippen LogP contribution in [0.3, 0.4) is 0 Å². The number of nitrogens with zero attached hydrogens (tertiary/aromatic N) is 1. The highest BCUT2D eigenvalue weighted by molar-refractivity contribution is 7.89. The predicted molar refractivity (Wildman–Crippen MR) is 109 cm³/mol. The van der Waals surface area contributed by atoms with Crippen LogP contribution in [-0.4, -0.2) is 27.2 Å². The minimum atomic E-state index is -3.70. The number of primary sulfonamides is 1. The minimum Gasteiger partial charge on any atom is -0.497 e. The summed E-state index contributed by atoms with van der Waals surface area (Å²) in [5.74, 6) is 1.57. The smallest absolute Gasteiger partial charge is 0.238 e. The molecule has 0 atom stereocenters. The highest BCUT2D eigenvalue weighted by Gasteiger charge is 2.14. The normalized spacial score (nSPS) is 11.8. The van der Waals surface area contributed by atoms with E-state index in [9.17, 15) is 8.42 Å². The van der Waals surface area contributed by atoms with Gasteiger partial charge in [-0.2, -0.15) is 0 Å². The number of benzene rings is 3. The Balaban J connectivity index is 1.87. The molecular formula is C21H20N2O4S. The molecule has 0 amide bonds. The Morgan fingerprint density at radius 3 is 1.75 bits per heavy atom. The molecule has 4 rings (SSSR count). The van der Waals surface area contributed by atoms with Crippen molar-refractivity contribution in [3.05, 3.63) is 66.2 Å². The lowest BCUT2D eigenvalue weighted by molar-refractivity contribution is 0.415. The van der Waals surface area contributed by atoms with Gasteiger partial charge in [0.1, 0.15) is 11.5 Å². The fourth-order valence-corrected chi connectivity index (χ4v) is 3.97. The molecular weight excluding hydrogens is 376 g/mol. The summed E-state index contributed by atoms with van der Waals surface area (Å²) in [4.78, 5) is 0.105. The number of sulfonamides is 1. The van der Waals surface area contributed by atoms with Gasteiger partial charge in [0.15, 0.2) is 0 Å². The largest absolute Gasteiger partial charge is 0.497 e. The van der Waals surface area contributed by atoms with Crippen molar-refractivity contribution in [3.8, 4) is 11.5 Å². The zero-order valence-electron chi connectivity index (χ0n) is 15.5. The number of fused-ring (bicyclic) bond motifs is 3. The van der Waals surface area contributed by atoms with E-state index in [4.69, 9.17) is 14.6 Å². The zero-order chi connectivity index (χ0) is 19.9. The second-order valence-corrected chi connectivity index (χ2v) is 8.10. The zero-order valence-corrected chi connectivity index (χ0v) is 16.4. The van der Waals surface area contributed by atoms with E-state index in [2.05, 4.69) is 4.57 Å². The van der Waals surface area contributed by atoms with Gasteiger partial charge in [0.05, 0.1) is 19.1 Å². The number of hydrogen-bond acceptors (Lipinski definition) is 4. The molecule has 0 saturated carbocycles. The second kappa shape index (κ2) is 6.85. The quantitative estimate of drug-likeness (QED) is 0.560. The molecule has 4 aromatic rings. The summed E-state index contributed by atoms with van der Waals surface area (Å²) in [6.45, 7) is 0.587. The van der Waals surface area contributed by atoms with E-state index in [-0.39, 0.29) is 4.90 Å². The maximum absolute atomic E-state index is 11.5. The Morgan fingerprint density at radius 2 is 1.32 bits per heavy atom. The number of nitrogens with two attached hydrogens (primary N) is 1. The van der Waals surface area contributed by atoms with Crippen molar-refractivity contribution < 1.29 is 17.9 Å². The third-order valence-corrected chi connectivity index (χ3v) is 5.80. The molecule has 0 aliphatic heterocycles. The van der Waals surface area contributed by atoms with Crippen LogP contribution in [0.15, 0.2) is 65.6 Å². The van der Waals surface area contributed by atoms with Gasteiger partial charge in [-0.05, 0) is 54.1 Å². The predicted octanol–water partition coefficient (Wildman–Crippen LogP) is 3.51. The summed E-state index contributed by atoms with van der Waals surface area (Å²) >= 11 is 0. The van der Waals surface area contributed by atoms with E-state index in [1.807, 2.05) is 36.4 Å². The van der Waals surface area contributed by atoms with Crippen LogP contribution in [0.1, 0.15) is 5.56 Å².